The zero-order valence-corrected chi connectivity index (χ0v) is 18.9. The highest BCUT2D eigenvalue weighted by atomic mass is 79.9. The van der Waals surface area contributed by atoms with E-state index in [9.17, 15) is 9.59 Å². The van der Waals surface area contributed by atoms with E-state index in [0.717, 1.165) is 48.0 Å². The second kappa shape index (κ2) is 12.9. The maximum Gasteiger partial charge on any atom is 0.333 e. The molecule has 0 saturated heterocycles. The molecule has 0 radical (unpaired) electrons. The number of carbonyl (C=O) groups excluding carboxylic acids is 2. The topological polar surface area (TPSA) is 64.6 Å². The largest absolute Gasteiger partial charge is 0.494 e. The minimum atomic E-state index is -0.319. The average Bonchev–Trinajstić information content (AvgIpc) is 2.74. The van der Waals surface area contributed by atoms with Gasteiger partial charge in [-0.3, -0.25) is 4.79 Å². The number of amides is 1. The third-order valence-electron chi connectivity index (χ3n) is 4.36. The number of nitrogens with one attached hydrogen (secondary N) is 1. The second-order valence-electron chi connectivity index (χ2n) is 7.02. The zero-order chi connectivity index (χ0) is 21.8. The Kier molecular flexibility index (Phi) is 10.1. The van der Waals surface area contributed by atoms with Gasteiger partial charge in [0.15, 0.2) is 0 Å². The Bertz CT molecular complexity index is 831. The van der Waals surface area contributed by atoms with Gasteiger partial charge in [0.25, 0.3) is 5.91 Å². The quantitative estimate of drug-likeness (QED) is 0.228. The van der Waals surface area contributed by atoms with Crippen molar-refractivity contribution in [2.24, 2.45) is 0 Å². The van der Waals surface area contributed by atoms with Crippen LogP contribution in [-0.2, 0) is 9.53 Å². The van der Waals surface area contributed by atoms with Gasteiger partial charge < -0.3 is 14.8 Å². The summed E-state index contributed by atoms with van der Waals surface area (Å²) in [5, 5.41) is 2.86. The summed E-state index contributed by atoms with van der Waals surface area (Å²) in [6, 6.07) is 14.6. The van der Waals surface area contributed by atoms with Crippen molar-refractivity contribution in [2.75, 3.05) is 18.5 Å². The van der Waals surface area contributed by atoms with Crippen LogP contribution >= 0.6 is 15.9 Å². The molecule has 0 bridgehead atoms. The van der Waals surface area contributed by atoms with Crippen molar-refractivity contribution < 1.29 is 19.1 Å². The molecule has 0 unspecified atom stereocenters. The monoisotopic (exact) mass is 473 g/mol. The minimum absolute atomic E-state index is 0.155. The number of hydrogen-bond acceptors (Lipinski definition) is 4. The SMILES string of the molecule is C=C(C)C(=O)OCCCCCCCOc1ccc(C(=O)Nc2ccc(Br)cc2)cc1. The van der Waals surface area contributed by atoms with E-state index >= 15 is 0 Å². The lowest BCUT2D eigenvalue weighted by Crippen LogP contribution is -2.11. The Morgan fingerprint density at radius 3 is 2.13 bits per heavy atom. The first-order valence-electron chi connectivity index (χ1n) is 10.1. The van der Waals surface area contributed by atoms with E-state index in [1.807, 2.05) is 36.4 Å². The van der Waals surface area contributed by atoms with Gasteiger partial charge in [0.05, 0.1) is 13.2 Å². The molecular weight excluding hydrogens is 446 g/mol. The minimum Gasteiger partial charge on any atom is -0.494 e. The summed E-state index contributed by atoms with van der Waals surface area (Å²) in [6.07, 6.45) is 4.97. The molecule has 1 N–H and O–H groups in total. The maximum absolute atomic E-state index is 12.3. The lowest BCUT2D eigenvalue weighted by molar-refractivity contribution is -0.139. The van der Waals surface area contributed by atoms with Crippen molar-refractivity contribution in [2.45, 2.75) is 39.0 Å². The smallest absolute Gasteiger partial charge is 0.333 e. The molecule has 0 aliphatic rings. The molecule has 2 aromatic carbocycles. The fourth-order valence-corrected chi connectivity index (χ4v) is 2.92. The first-order valence-corrected chi connectivity index (χ1v) is 10.9. The van der Waals surface area contributed by atoms with Crippen LogP contribution in [0.5, 0.6) is 5.75 Å². The first kappa shape index (κ1) is 23.7. The normalized spacial score (nSPS) is 10.3. The molecule has 6 heteroatoms. The molecule has 0 spiro atoms. The van der Waals surface area contributed by atoms with Gasteiger partial charge in [-0.25, -0.2) is 4.79 Å². The van der Waals surface area contributed by atoms with Crippen molar-refractivity contribution in [3.63, 3.8) is 0 Å². The van der Waals surface area contributed by atoms with Crippen molar-refractivity contribution in [3.8, 4) is 5.75 Å². The first-order chi connectivity index (χ1) is 14.5. The molecular formula is C24H28BrNO4. The average molecular weight is 474 g/mol. The molecule has 2 rings (SSSR count). The molecule has 0 aliphatic heterocycles. The lowest BCUT2D eigenvalue weighted by Gasteiger charge is -2.08. The van der Waals surface area contributed by atoms with Crippen LogP contribution in [0.25, 0.3) is 0 Å². The lowest BCUT2D eigenvalue weighted by atomic mass is 10.1. The van der Waals surface area contributed by atoms with E-state index in [1.165, 1.54) is 0 Å². The molecule has 0 aliphatic carbocycles. The third kappa shape index (κ3) is 8.82. The summed E-state index contributed by atoms with van der Waals surface area (Å²) < 4.78 is 11.8. The van der Waals surface area contributed by atoms with Crippen LogP contribution in [0.3, 0.4) is 0 Å². The molecule has 160 valence electrons. The maximum atomic E-state index is 12.3. The van der Waals surface area contributed by atoms with Crippen LogP contribution in [0.1, 0.15) is 49.4 Å². The molecule has 0 aromatic heterocycles. The fourth-order valence-electron chi connectivity index (χ4n) is 2.65. The van der Waals surface area contributed by atoms with Crippen molar-refractivity contribution >= 4 is 33.5 Å². The highest BCUT2D eigenvalue weighted by molar-refractivity contribution is 9.10. The fraction of sp³-hybridized carbons (Fsp3) is 0.333. The predicted octanol–water partition coefficient (Wildman–Crippen LogP) is 6.15. The molecule has 0 saturated carbocycles. The number of esters is 1. The highest BCUT2D eigenvalue weighted by Crippen LogP contribution is 2.17. The Morgan fingerprint density at radius 1 is 0.900 bits per heavy atom. The van der Waals surface area contributed by atoms with Crippen LogP contribution in [0.2, 0.25) is 0 Å². The van der Waals surface area contributed by atoms with Crippen LogP contribution in [0.4, 0.5) is 5.69 Å². The standard InChI is InChI=1S/C24H28BrNO4/c1-18(2)24(28)30-17-7-5-3-4-6-16-29-22-14-8-19(9-15-22)23(27)26-21-12-10-20(25)11-13-21/h8-15H,1,3-7,16-17H2,2H3,(H,26,27). The van der Waals surface area contributed by atoms with Crippen molar-refractivity contribution in [1.29, 1.82) is 0 Å². The number of halogens is 1. The van der Waals surface area contributed by atoms with Gasteiger partial charge in [-0.2, -0.15) is 0 Å². The number of benzene rings is 2. The molecule has 30 heavy (non-hydrogen) atoms. The molecule has 5 nitrogen and oxygen atoms in total. The summed E-state index contributed by atoms with van der Waals surface area (Å²) in [6.45, 7) is 6.28. The van der Waals surface area contributed by atoms with E-state index in [1.54, 1.807) is 19.1 Å². The van der Waals surface area contributed by atoms with E-state index < -0.39 is 0 Å². The highest BCUT2D eigenvalue weighted by Gasteiger charge is 2.06. The Labute approximate surface area is 186 Å². The van der Waals surface area contributed by atoms with E-state index in [0.29, 0.717) is 24.4 Å². The van der Waals surface area contributed by atoms with Crippen LogP contribution < -0.4 is 10.1 Å². The summed E-state index contributed by atoms with van der Waals surface area (Å²) in [4.78, 5) is 23.5. The van der Waals surface area contributed by atoms with Gasteiger partial charge in [-0.05, 0) is 68.3 Å². The van der Waals surface area contributed by atoms with Crippen LogP contribution in [0.15, 0.2) is 65.2 Å². The zero-order valence-electron chi connectivity index (χ0n) is 17.3. The van der Waals surface area contributed by atoms with Gasteiger partial charge >= 0.3 is 5.97 Å². The van der Waals surface area contributed by atoms with Gasteiger partial charge in [0.1, 0.15) is 5.75 Å². The Hall–Kier alpha value is -2.60. The van der Waals surface area contributed by atoms with Gasteiger partial charge in [0, 0.05) is 21.3 Å². The molecule has 0 fully saturated rings. The number of hydrogen-bond donors (Lipinski definition) is 1. The van der Waals surface area contributed by atoms with Gasteiger partial charge in [-0.15, -0.1) is 0 Å². The summed E-state index contributed by atoms with van der Waals surface area (Å²) in [7, 11) is 0. The summed E-state index contributed by atoms with van der Waals surface area (Å²) in [5.41, 5.74) is 1.76. The van der Waals surface area contributed by atoms with Crippen LogP contribution in [-0.4, -0.2) is 25.1 Å². The molecule has 0 atom stereocenters. The van der Waals surface area contributed by atoms with E-state index in [2.05, 4.69) is 27.8 Å². The molecule has 2 aromatic rings. The van der Waals surface area contributed by atoms with Crippen molar-refractivity contribution in [1.82, 2.24) is 0 Å². The molecule has 1 amide bonds. The number of unbranched alkanes of at least 4 members (excludes halogenated alkanes) is 4. The van der Waals surface area contributed by atoms with E-state index in [4.69, 9.17) is 9.47 Å². The number of carbonyl (C=O) groups is 2. The number of rotatable bonds is 12. The van der Waals surface area contributed by atoms with Gasteiger partial charge in [0.2, 0.25) is 0 Å². The Balaban J connectivity index is 1.58. The van der Waals surface area contributed by atoms with Crippen molar-refractivity contribution in [3.05, 3.63) is 70.7 Å². The van der Waals surface area contributed by atoms with Gasteiger partial charge in [-0.1, -0.05) is 41.8 Å². The number of anilines is 1. The number of ether oxygens (including phenoxy) is 2. The third-order valence-corrected chi connectivity index (χ3v) is 4.89. The summed E-state index contributed by atoms with van der Waals surface area (Å²) in [5.74, 6) is 0.278. The summed E-state index contributed by atoms with van der Waals surface area (Å²) >= 11 is 3.37. The van der Waals surface area contributed by atoms with Crippen LogP contribution in [0, 0.1) is 0 Å². The predicted molar refractivity (Wildman–Crippen MR) is 123 cm³/mol. The Morgan fingerprint density at radius 2 is 1.50 bits per heavy atom. The molecule has 0 heterocycles. The second-order valence-corrected chi connectivity index (χ2v) is 7.93. The van der Waals surface area contributed by atoms with E-state index in [-0.39, 0.29) is 11.9 Å².